The Morgan fingerprint density at radius 2 is 1.50 bits per heavy atom. The van der Waals surface area contributed by atoms with Crippen LogP contribution in [-0.4, -0.2) is 66.0 Å². The second-order valence-electron chi connectivity index (χ2n) is 4.44. The summed E-state index contributed by atoms with van der Waals surface area (Å²) in [6.07, 6.45) is 0. The van der Waals surface area contributed by atoms with Gasteiger partial charge in [0.25, 0.3) is 0 Å². The molecular formula is C10H19N3O. The zero-order valence-corrected chi connectivity index (χ0v) is 9.07. The summed E-state index contributed by atoms with van der Waals surface area (Å²) in [6, 6.07) is 0.618. The van der Waals surface area contributed by atoms with Gasteiger partial charge in [-0.25, -0.2) is 10.0 Å². The van der Waals surface area contributed by atoms with Crippen molar-refractivity contribution in [2.45, 2.75) is 19.9 Å². The highest BCUT2D eigenvalue weighted by atomic mass is 16.1. The molecule has 0 aliphatic carbocycles. The van der Waals surface area contributed by atoms with E-state index in [2.05, 4.69) is 28.8 Å². The lowest BCUT2D eigenvalue weighted by Crippen LogP contribution is -2.37. The van der Waals surface area contributed by atoms with Crippen molar-refractivity contribution in [2.75, 3.05) is 39.3 Å². The minimum atomic E-state index is 0.364. The fraction of sp³-hybridized carbons (Fsp3) is 0.900. The third-order valence-electron chi connectivity index (χ3n) is 3.14. The molecule has 0 aromatic carbocycles. The van der Waals surface area contributed by atoms with E-state index in [9.17, 15) is 4.79 Å². The summed E-state index contributed by atoms with van der Waals surface area (Å²) >= 11 is 0. The minimum Gasteiger partial charge on any atom is -0.298 e. The maximum absolute atomic E-state index is 11.2. The van der Waals surface area contributed by atoms with Crippen molar-refractivity contribution in [1.82, 2.24) is 14.9 Å². The second-order valence-corrected chi connectivity index (χ2v) is 4.44. The van der Waals surface area contributed by atoms with Crippen molar-refractivity contribution >= 4 is 5.78 Å². The number of fused-ring (bicyclic) bond motifs is 1. The standard InChI is InChI=1S/C10H19N3O/c1-9(2)11-3-5-12-7-10(14)8-13(12)6-4-11/h9H,3-8H2,1-2H3. The number of ketones is 1. The van der Waals surface area contributed by atoms with Crippen LogP contribution in [0.4, 0.5) is 0 Å². The van der Waals surface area contributed by atoms with E-state index < -0.39 is 0 Å². The zero-order chi connectivity index (χ0) is 10.1. The van der Waals surface area contributed by atoms with Crippen LogP contribution in [0.1, 0.15) is 13.8 Å². The van der Waals surface area contributed by atoms with Crippen LogP contribution in [0, 0.1) is 0 Å². The highest BCUT2D eigenvalue weighted by Crippen LogP contribution is 2.12. The van der Waals surface area contributed by atoms with Crippen molar-refractivity contribution < 1.29 is 4.79 Å². The largest absolute Gasteiger partial charge is 0.298 e. The van der Waals surface area contributed by atoms with Gasteiger partial charge in [-0.05, 0) is 13.8 Å². The number of Topliss-reactive ketones (excluding diaryl/α,β-unsaturated/α-hetero) is 1. The van der Waals surface area contributed by atoms with Gasteiger partial charge >= 0.3 is 0 Å². The summed E-state index contributed by atoms with van der Waals surface area (Å²) in [6.45, 7) is 9.91. The first-order valence-electron chi connectivity index (χ1n) is 5.42. The van der Waals surface area contributed by atoms with Gasteiger partial charge in [-0.15, -0.1) is 0 Å². The third-order valence-corrected chi connectivity index (χ3v) is 3.14. The Kier molecular flexibility index (Phi) is 2.85. The first-order valence-corrected chi connectivity index (χ1v) is 5.42. The maximum Gasteiger partial charge on any atom is 0.163 e. The van der Waals surface area contributed by atoms with E-state index in [1.165, 1.54) is 0 Å². The Hall–Kier alpha value is -0.450. The first kappa shape index (κ1) is 10.1. The number of carbonyl (C=O) groups excluding carboxylic acids is 1. The Labute approximate surface area is 85.4 Å². The lowest BCUT2D eigenvalue weighted by Gasteiger charge is -2.23. The smallest absolute Gasteiger partial charge is 0.163 e. The first-order chi connectivity index (χ1) is 6.66. The predicted octanol–water partition coefficient (Wildman–Crippen LogP) is -0.188. The summed E-state index contributed by atoms with van der Waals surface area (Å²) in [5.41, 5.74) is 0. The molecule has 0 amide bonds. The molecule has 0 aromatic heterocycles. The van der Waals surface area contributed by atoms with Gasteiger partial charge in [0.1, 0.15) is 0 Å². The van der Waals surface area contributed by atoms with Gasteiger partial charge in [0, 0.05) is 32.2 Å². The van der Waals surface area contributed by atoms with Gasteiger partial charge in [0.15, 0.2) is 5.78 Å². The topological polar surface area (TPSA) is 26.8 Å². The molecule has 2 rings (SSSR count). The molecule has 0 aromatic rings. The van der Waals surface area contributed by atoms with Crippen LogP contribution in [0.15, 0.2) is 0 Å². The molecule has 2 aliphatic rings. The van der Waals surface area contributed by atoms with Gasteiger partial charge < -0.3 is 0 Å². The summed E-state index contributed by atoms with van der Waals surface area (Å²) in [5.74, 6) is 0.364. The molecule has 2 heterocycles. The van der Waals surface area contributed by atoms with E-state index in [0.717, 1.165) is 26.2 Å². The van der Waals surface area contributed by atoms with E-state index in [4.69, 9.17) is 0 Å². The lowest BCUT2D eigenvalue weighted by atomic mass is 10.3. The number of hydrogen-bond acceptors (Lipinski definition) is 4. The summed E-state index contributed by atoms with van der Waals surface area (Å²) < 4.78 is 0. The van der Waals surface area contributed by atoms with Crippen LogP contribution in [0.25, 0.3) is 0 Å². The molecule has 14 heavy (non-hydrogen) atoms. The van der Waals surface area contributed by atoms with Crippen LogP contribution in [0.2, 0.25) is 0 Å². The number of hydrogen-bond donors (Lipinski definition) is 0. The van der Waals surface area contributed by atoms with Gasteiger partial charge in [0.05, 0.1) is 13.1 Å². The van der Waals surface area contributed by atoms with Crippen LogP contribution < -0.4 is 0 Å². The number of rotatable bonds is 1. The third kappa shape index (κ3) is 1.97. The van der Waals surface area contributed by atoms with Crippen LogP contribution in [0.5, 0.6) is 0 Å². The van der Waals surface area contributed by atoms with Gasteiger partial charge in [0.2, 0.25) is 0 Å². The van der Waals surface area contributed by atoms with Crippen molar-refractivity contribution in [3.05, 3.63) is 0 Å². The van der Waals surface area contributed by atoms with Crippen molar-refractivity contribution in [1.29, 1.82) is 0 Å². The zero-order valence-electron chi connectivity index (χ0n) is 9.07. The molecule has 2 aliphatic heterocycles. The normalized spacial score (nSPS) is 26.9. The summed E-state index contributed by atoms with van der Waals surface area (Å²) in [5, 5.41) is 4.40. The number of carbonyl (C=O) groups is 1. The highest BCUT2D eigenvalue weighted by Gasteiger charge is 2.30. The van der Waals surface area contributed by atoms with E-state index in [1.54, 1.807) is 0 Å². The molecule has 2 fully saturated rings. The molecular weight excluding hydrogens is 178 g/mol. The van der Waals surface area contributed by atoms with Gasteiger partial charge in [-0.1, -0.05) is 0 Å². The quantitative estimate of drug-likeness (QED) is 0.582. The highest BCUT2D eigenvalue weighted by molar-refractivity contribution is 5.84. The average Bonchev–Trinajstić information content (AvgIpc) is 2.34. The maximum atomic E-state index is 11.2. The Balaban J connectivity index is 1.95. The lowest BCUT2D eigenvalue weighted by molar-refractivity contribution is -0.116. The Bertz CT molecular complexity index is 211. The van der Waals surface area contributed by atoms with Gasteiger partial charge in [-0.2, -0.15) is 0 Å². The molecule has 0 radical (unpaired) electrons. The summed E-state index contributed by atoms with van der Waals surface area (Å²) in [7, 11) is 0. The predicted molar refractivity (Wildman–Crippen MR) is 54.9 cm³/mol. The molecule has 4 nitrogen and oxygen atoms in total. The van der Waals surface area contributed by atoms with Crippen molar-refractivity contribution in [2.24, 2.45) is 0 Å². The fourth-order valence-corrected chi connectivity index (χ4v) is 2.21. The molecule has 0 spiro atoms. The summed E-state index contributed by atoms with van der Waals surface area (Å²) in [4.78, 5) is 13.7. The minimum absolute atomic E-state index is 0.364. The Morgan fingerprint density at radius 3 is 1.93 bits per heavy atom. The average molecular weight is 197 g/mol. The molecule has 0 atom stereocenters. The molecule has 0 unspecified atom stereocenters. The van der Waals surface area contributed by atoms with Crippen LogP contribution in [-0.2, 0) is 4.79 Å². The molecule has 4 heteroatoms. The monoisotopic (exact) mass is 197 g/mol. The van der Waals surface area contributed by atoms with Crippen molar-refractivity contribution in [3.8, 4) is 0 Å². The molecule has 0 bridgehead atoms. The molecule has 80 valence electrons. The SMILES string of the molecule is CC(C)N1CCN2CC(=O)CN2CC1. The molecule has 0 saturated carbocycles. The van der Waals surface area contributed by atoms with E-state index in [0.29, 0.717) is 24.9 Å². The number of nitrogens with zero attached hydrogens (tertiary/aromatic N) is 3. The van der Waals surface area contributed by atoms with E-state index in [1.807, 2.05) is 0 Å². The van der Waals surface area contributed by atoms with Crippen LogP contribution in [0.3, 0.4) is 0 Å². The molecule has 0 N–H and O–H groups in total. The van der Waals surface area contributed by atoms with Gasteiger partial charge in [-0.3, -0.25) is 9.69 Å². The molecule has 2 saturated heterocycles. The number of hydrazine groups is 1. The van der Waals surface area contributed by atoms with E-state index >= 15 is 0 Å². The van der Waals surface area contributed by atoms with Crippen LogP contribution >= 0.6 is 0 Å². The van der Waals surface area contributed by atoms with Crippen molar-refractivity contribution in [3.63, 3.8) is 0 Å². The second kappa shape index (κ2) is 3.96. The van der Waals surface area contributed by atoms with E-state index in [-0.39, 0.29) is 0 Å². The fourth-order valence-electron chi connectivity index (χ4n) is 2.21. The Morgan fingerprint density at radius 1 is 1.00 bits per heavy atom.